The van der Waals surface area contributed by atoms with E-state index >= 15 is 0 Å². The van der Waals surface area contributed by atoms with Crippen molar-refractivity contribution in [2.45, 2.75) is 39.2 Å². The molecule has 3 amide bonds. The highest BCUT2D eigenvalue weighted by Gasteiger charge is 2.21. The van der Waals surface area contributed by atoms with E-state index in [0.717, 1.165) is 38.0 Å². The molecular formula is C18H28N4O2. The molecule has 1 aromatic carbocycles. The minimum Gasteiger partial charge on any atom is -0.382 e. The molecule has 0 bridgehead atoms. The summed E-state index contributed by atoms with van der Waals surface area (Å²) in [5, 5.41) is 8.56. The first-order valence-corrected chi connectivity index (χ1v) is 8.70. The fourth-order valence-corrected chi connectivity index (χ4v) is 2.77. The standard InChI is InChI=1S/C18H28N4O2/c1-3-10-19-18(24)21-17(23)13-22-11-8-16(9-12-22)20-15-6-4-14(2)5-7-15/h4-7,16,20H,3,8-13H2,1-2H3,(H2,19,21,23,24). The molecule has 0 aromatic heterocycles. The van der Waals surface area contributed by atoms with Crippen molar-refractivity contribution >= 4 is 17.6 Å². The first-order chi connectivity index (χ1) is 11.6. The van der Waals surface area contributed by atoms with Gasteiger partial charge in [-0.2, -0.15) is 0 Å². The third-order valence-corrected chi connectivity index (χ3v) is 4.17. The highest BCUT2D eigenvalue weighted by Crippen LogP contribution is 2.17. The Labute approximate surface area is 144 Å². The maximum Gasteiger partial charge on any atom is 0.321 e. The van der Waals surface area contributed by atoms with Crippen LogP contribution in [0.3, 0.4) is 0 Å². The summed E-state index contributed by atoms with van der Waals surface area (Å²) < 4.78 is 0. The van der Waals surface area contributed by atoms with Gasteiger partial charge >= 0.3 is 6.03 Å². The largest absolute Gasteiger partial charge is 0.382 e. The summed E-state index contributed by atoms with van der Waals surface area (Å²) in [4.78, 5) is 25.4. The van der Waals surface area contributed by atoms with Gasteiger partial charge in [0.15, 0.2) is 0 Å². The molecule has 0 atom stereocenters. The maximum atomic E-state index is 11.9. The highest BCUT2D eigenvalue weighted by atomic mass is 16.2. The van der Waals surface area contributed by atoms with Gasteiger partial charge < -0.3 is 10.6 Å². The quantitative estimate of drug-likeness (QED) is 0.746. The van der Waals surface area contributed by atoms with Crippen molar-refractivity contribution in [3.63, 3.8) is 0 Å². The van der Waals surface area contributed by atoms with Gasteiger partial charge in [-0.05, 0) is 38.3 Å². The topological polar surface area (TPSA) is 73.5 Å². The molecule has 0 radical (unpaired) electrons. The molecule has 2 rings (SSSR count). The maximum absolute atomic E-state index is 11.9. The van der Waals surface area contributed by atoms with Crippen LogP contribution < -0.4 is 16.0 Å². The van der Waals surface area contributed by atoms with E-state index in [-0.39, 0.29) is 12.5 Å². The molecule has 1 fully saturated rings. The summed E-state index contributed by atoms with van der Waals surface area (Å²) in [7, 11) is 0. The first kappa shape index (κ1) is 18.3. The number of imide groups is 1. The average Bonchev–Trinajstić information content (AvgIpc) is 2.57. The molecule has 1 aliphatic heterocycles. The smallest absolute Gasteiger partial charge is 0.321 e. The fourth-order valence-electron chi connectivity index (χ4n) is 2.77. The molecule has 0 saturated carbocycles. The highest BCUT2D eigenvalue weighted by molar-refractivity contribution is 5.95. The second-order valence-electron chi connectivity index (χ2n) is 6.36. The molecule has 1 aromatic rings. The van der Waals surface area contributed by atoms with Gasteiger partial charge in [-0.1, -0.05) is 24.6 Å². The van der Waals surface area contributed by atoms with E-state index < -0.39 is 6.03 Å². The molecule has 0 aliphatic carbocycles. The van der Waals surface area contributed by atoms with Crippen molar-refractivity contribution in [1.29, 1.82) is 0 Å². The predicted octanol–water partition coefficient (Wildman–Crippen LogP) is 2.11. The van der Waals surface area contributed by atoms with Crippen LogP contribution in [0.2, 0.25) is 0 Å². The third-order valence-electron chi connectivity index (χ3n) is 4.17. The summed E-state index contributed by atoms with van der Waals surface area (Å²) in [5.74, 6) is -0.242. The van der Waals surface area contributed by atoms with Gasteiger partial charge in [-0.15, -0.1) is 0 Å². The summed E-state index contributed by atoms with van der Waals surface area (Å²) >= 11 is 0. The van der Waals surface area contributed by atoms with E-state index in [1.54, 1.807) is 0 Å². The molecular weight excluding hydrogens is 304 g/mol. The molecule has 3 N–H and O–H groups in total. The monoisotopic (exact) mass is 332 g/mol. The number of likely N-dealkylation sites (tertiary alicyclic amines) is 1. The minimum absolute atomic E-state index is 0.242. The number of aryl methyl sites for hydroxylation is 1. The number of benzene rings is 1. The van der Waals surface area contributed by atoms with E-state index in [9.17, 15) is 9.59 Å². The number of carbonyl (C=O) groups is 2. The molecule has 0 unspecified atom stereocenters. The lowest BCUT2D eigenvalue weighted by Crippen LogP contribution is -2.47. The number of rotatable bonds is 6. The van der Waals surface area contributed by atoms with Crippen molar-refractivity contribution in [3.8, 4) is 0 Å². The second-order valence-corrected chi connectivity index (χ2v) is 6.36. The molecule has 6 nitrogen and oxygen atoms in total. The van der Waals surface area contributed by atoms with Gasteiger partial charge in [0, 0.05) is 31.4 Å². The Kier molecular flexibility index (Phi) is 7.06. The Balaban J connectivity index is 1.67. The molecule has 1 saturated heterocycles. The number of amides is 3. The van der Waals surface area contributed by atoms with E-state index in [1.807, 2.05) is 6.92 Å². The van der Waals surface area contributed by atoms with Crippen LogP contribution in [0.5, 0.6) is 0 Å². The Morgan fingerprint density at radius 3 is 2.46 bits per heavy atom. The third kappa shape index (κ3) is 6.20. The van der Waals surface area contributed by atoms with Crippen molar-refractivity contribution in [2.75, 3.05) is 31.5 Å². The average molecular weight is 332 g/mol. The minimum atomic E-state index is -0.405. The number of carbonyl (C=O) groups excluding carboxylic acids is 2. The van der Waals surface area contributed by atoms with Gasteiger partial charge in [0.1, 0.15) is 0 Å². The fraction of sp³-hybridized carbons (Fsp3) is 0.556. The molecule has 0 spiro atoms. The molecule has 1 aliphatic rings. The normalized spacial score (nSPS) is 15.8. The van der Waals surface area contributed by atoms with Crippen LogP contribution in [0.25, 0.3) is 0 Å². The van der Waals surface area contributed by atoms with Gasteiger partial charge in [-0.3, -0.25) is 15.0 Å². The molecule has 1 heterocycles. The summed E-state index contributed by atoms with van der Waals surface area (Å²) in [6, 6.07) is 8.43. The molecule has 24 heavy (non-hydrogen) atoms. The van der Waals surface area contributed by atoms with Crippen LogP contribution in [0.1, 0.15) is 31.7 Å². The Morgan fingerprint density at radius 1 is 1.17 bits per heavy atom. The van der Waals surface area contributed by atoms with E-state index in [1.165, 1.54) is 5.56 Å². The number of nitrogens with one attached hydrogen (secondary N) is 3. The van der Waals surface area contributed by atoms with Crippen molar-refractivity contribution in [1.82, 2.24) is 15.5 Å². The number of hydrogen-bond acceptors (Lipinski definition) is 4. The molecule has 6 heteroatoms. The van der Waals surface area contributed by atoms with Gasteiger partial charge in [0.25, 0.3) is 0 Å². The second kappa shape index (κ2) is 9.27. The van der Waals surface area contributed by atoms with Gasteiger partial charge in [0.2, 0.25) is 5.91 Å². The predicted molar refractivity (Wildman–Crippen MR) is 96.1 cm³/mol. The summed E-state index contributed by atoms with van der Waals surface area (Å²) in [5.41, 5.74) is 2.40. The number of piperidine rings is 1. The van der Waals surface area contributed by atoms with Crippen LogP contribution in [0, 0.1) is 6.92 Å². The van der Waals surface area contributed by atoms with Crippen molar-refractivity contribution in [3.05, 3.63) is 29.8 Å². The zero-order valence-corrected chi connectivity index (χ0v) is 14.6. The lowest BCUT2D eigenvalue weighted by atomic mass is 10.0. The Morgan fingerprint density at radius 2 is 1.83 bits per heavy atom. The van der Waals surface area contributed by atoms with Crippen LogP contribution in [-0.2, 0) is 4.79 Å². The SMILES string of the molecule is CCCNC(=O)NC(=O)CN1CCC(Nc2ccc(C)cc2)CC1. The Hall–Kier alpha value is -2.08. The van der Waals surface area contributed by atoms with Crippen LogP contribution in [-0.4, -0.2) is 49.1 Å². The number of anilines is 1. The van der Waals surface area contributed by atoms with E-state index in [4.69, 9.17) is 0 Å². The van der Waals surface area contributed by atoms with Gasteiger partial charge in [0.05, 0.1) is 6.54 Å². The van der Waals surface area contributed by atoms with Crippen molar-refractivity contribution < 1.29 is 9.59 Å². The van der Waals surface area contributed by atoms with Crippen LogP contribution in [0.4, 0.5) is 10.5 Å². The lowest BCUT2D eigenvalue weighted by Gasteiger charge is -2.32. The van der Waals surface area contributed by atoms with Crippen molar-refractivity contribution in [2.24, 2.45) is 0 Å². The summed E-state index contributed by atoms with van der Waals surface area (Å²) in [6.07, 6.45) is 2.83. The lowest BCUT2D eigenvalue weighted by molar-refractivity contribution is -0.121. The van der Waals surface area contributed by atoms with Crippen LogP contribution >= 0.6 is 0 Å². The van der Waals surface area contributed by atoms with E-state index in [2.05, 4.69) is 52.0 Å². The van der Waals surface area contributed by atoms with Gasteiger partial charge in [-0.25, -0.2) is 4.79 Å². The molecule has 132 valence electrons. The summed E-state index contributed by atoms with van der Waals surface area (Å²) in [6.45, 7) is 6.61. The number of urea groups is 1. The Bertz CT molecular complexity index is 536. The zero-order valence-electron chi connectivity index (χ0n) is 14.6. The van der Waals surface area contributed by atoms with E-state index in [0.29, 0.717) is 12.6 Å². The number of nitrogens with zero attached hydrogens (tertiary/aromatic N) is 1. The first-order valence-electron chi connectivity index (χ1n) is 8.70. The zero-order chi connectivity index (χ0) is 17.4. The number of hydrogen-bond donors (Lipinski definition) is 3. The van der Waals surface area contributed by atoms with Crippen LogP contribution in [0.15, 0.2) is 24.3 Å².